The third-order valence-electron chi connectivity index (χ3n) is 4.93. The van der Waals surface area contributed by atoms with Crippen molar-refractivity contribution in [3.05, 3.63) is 71.8 Å². The predicted molar refractivity (Wildman–Crippen MR) is 97.1 cm³/mol. The van der Waals surface area contributed by atoms with E-state index in [9.17, 15) is 0 Å². The molecule has 0 radical (unpaired) electrons. The molecule has 0 aliphatic heterocycles. The first-order valence-corrected chi connectivity index (χ1v) is 10.5. The van der Waals surface area contributed by atoms with Gasteiger partial charge in [0, 0.05) is 0 Å². The Bertz CT molecular complexity index is 509. The van der Waals surface area contributed by atoms with Gasteiger partial charge in [0.2, 0.25) is 0 Å². The lowest BCUT2D eigenvalue weighted by atomic mass is 9.68. The first-order valence-electron chi connectivity index (χ1n) is 7.57. The lowest BCUT2D eigenvalue weighted by Crippen LogP contribution is -2.39. The summed E-state index contributed by atoms with van der Waals surface area (Å²) in [5.74, 6) is 0. The maximum Gasteiger partial charge on any atom is 0.130 e. The maximum atomic E-state index is 6.58. The van der Waals surface area contributed by atoms with Crippen molar-refractivity contribution >= 4 is 19.9 Å². The summed E-state index contributed by atoms with van der Waals surface area (Å²) in [5, 5.41) is 0. The molecule has 0 aliphatic carbocycles. The monoisotopic (exact) mass is 316 g/mol. The van der Waals surface area contributed by atoms with Gasteiger partial charge in [0.05, 0.1) is 0 Å². The molecule has 0 spiro atoms. The summed E-state index contributed by atoms with van der Waals surface area (Å²) in [7, 11) is -0.696. The Morgan fingerprint density at radius 3 is 1.33 bits per heavy atom. The third kappa shape index (κ3) is 3.25. The summed E-state index contributed by atoms with van der Waals surface area (Å²) in [4.78, 5) is 0. The van der Waals surface area contributed by atoms with E-state index in [4.69, 9.17) is 11.1 Å². The Balaban J connectivity index is 2.43. The van der Waals surface area contributed by atoms with Crippen LogP contribution >= 0.6 is 11.1 Å². The molecule has 2 aromatic carbocycles. The Kier molecular flexibility index (Phi) is 4.95. The van der Waals surface area contributed by atoms with Gasteiger partial charge >= 0.3 is 0 Å². The molecule has 0 saturated carbocycles. The summed E-state index contributed by atoms with van der Waals surface area (Å²) < 4.78 is 0. The van der Waals surface area contributed by atoms with Gasteiger partial charge in [-0.25, -0.2) is 0 Å². The van der Waals surface area contributed by atoms with Crippen LogP contribution in [0.25, 0.3) is 0 Å². The largest absolute Gasteiger partial charge is 0.176 e. The second-order valence-electron chi connectivity index (χ2n) is 6.88. The van der Waals surface area contributed by atoms with Crippen LogP contribution in [0.5, 0.6) is 0 Å². The molecule has 0 fully saturated rings. The molecule has 2 aromatic rings. The third-order valence-corrected chi connectivity index (χ3v) is 8.21. The fourth-order valence-corrected chi connectivity index (χ4v) is 6.98. The van der Waals surface area contributed by atoms with Crippen molar-refractivity contribution in [3.63, 3.8) is 0 Å². The minimum absolute atomic E-state index is 0.0780. The number of halogens is 1. The molecule has 2 heteroatoms. The molecule has 0 aromatic heterocycles. The highest BCUT2D eigenvalue weighted by molar-refractivity contribution is 6.94. The van der Waals surface area contributed by atoms with Gasteiger partial charge in [-0.2, -0.15) is 11.1 Å². The molecule has 0 nitrogen and oxygen atoms in total. The van der Waals surface area contributed by atoms with Crippen molar-refractivity contribution in [2.45, 2.75) is 44.1 Å². The molecule has 0 unspecified atom stereocenters. The Morgan fingerprint density at radius 2 is 1.05 bits per heavy atom. The lowest BCUT2D eigenvalue weighted by Gasteiger charge is -2.44. The van der Waals surface area contributed by atoms with Gasteiger partial charge in [-0.1, -0.05) is 88.4 Å². The molecule has 0 saturated heterocycles. The first-order chi connectivity index (χ1) is 9.90. The van der Waals surface area contributed by atoms with Crippen molar-refractivity contribution in [2.75, 3.05) is 0 Å². The van der Waals surface area contributed by atoms with Gasteiger partial charge < -0.3 is 0 Å². The van der Waals surface area contributed by atoms with E-state index < -0.39 is 8.83 Å². The van der Waals surface area contributed by atoms with Gasteiger partial charge in [-0.05, 0) is 27.5 Å². The lowest BCUT2D eigenvalue weighted by molar-refractivity contribution is 0.348. The molecule has 0 N–H and O–H groups in total. The Labute approximate surface area is 136 Å². The van der Waals surface area contributed by atoms with Gasteiger partial charge in [-0.15, -0.1) is 0 Å². The Morgan fingerprint density at radius 1 is 0.714 bits per heavy atom. The van der Waals surface area contributed by atoms with Crippen molar-refractivity contribution in [2.24, 2.45) is 0 Å². The van der Waals surface area contributed by atoms with E-state index in [2.05, 4.69) is 88.4 Å². The van der Waals surface area contributed by atoms with Crippen LogP contribution in [0.4, 0.5) is 0 Å². The summed E-state index contributed by atoms with van der Waals surface area (Å²) in [5.41, 5.74) is 3.40. The summed E-state index contributed by atoms with van der Waals surface area (Å²) in [6, 6.07) is 21.6. The van der Waals surface area contributed by atoms with Crippen LogP contribution < -0.4 is 0 Å². The van der Waals surface area contributed by atoms with E-state index in [-0.39, 0.29) is 10.8 Å². The minimum Gasteiger partial charge on any atom is -0.176 e. The van der Waals surface area contributed by atoms with Crippen LogP contribution in [0, 0.1) is 0 Å². The highest BCUT2D eigenvalue weighted by Gasteiger charge is 2.42. The highest BCUT2D eigenvalue weighted by atomic mass is 35.6. The molecule has 2 rings (SSSR count). The van der Waals surface area contributed by atoms with Crippen LogP contribution in [-0.2, 0) is 10.8 Å². The average molecular weight is 317 g/mol. The SMILES string of the molecule is CC(C)(c1ccccc1)C([SiH2]Cl)C(C)(C)c1ccccc1. The number of hydrogen-bond acceptors (Lipinski definition) is 0. The smallest absolute Gasteiger partial charge is 0.130 e. The van der Waals surface area contributed by atoms with Crippen LogP contribution in [0.2, 0.25) is 5.54 Å². The van der Waals surface area contributed by atoms with Crippen LogP contribution in [-0.4, -0.2) is 8.83 Å². The zero-order valence-electron chi connectivity index (χ0n) is 13.4. The molecule has 21 heavy (non-hydrogen) atoms. The zero-order valence-corrected chi connectivity index (χ0v) is 15.6. The van der Waals surface area contributed by atoms with Gasteiger partial charge in [0.15, 0.2) is 0 Å². The number of benzene rings is 2. The van der Waals surface area contributed by atoms with E-state index in [1.807, 2.05) is 0 Å². The number of rotatable bonds is 5. The molecule has 0 amide bonds. The second-order valence-corrected chi connectivity index (χ2v) is 8.93. The van der Waals surface area contributed by atoms with Crippen molar-refractivity contribution < 1.29 is 0 Å². The molecule has 0 heterocycles. The summed E-state index contributed by atoms with van der Waals surface area (Å²) >= 11 is 6.58. The summed E-state index contributed by atoms with van der Waals surface area (Å²) in [6.45, 7) is 9.36. The van der Waals surface area contributed by atoms with Crippen LogP contribution in [0.1, 0.15) is 38.8 Å². The molecule has 0 aliphatic rings. The fraction of sp³-hybridized carbons (Fsp3) is 0.368. The van der Waals surface area contributed by atoms with E-state index in [0.29, 0.717) is 5.54 Å². The second kappa shape index (κ2) is 6.37. The number of hydrogen-bond donors (Lipinski definition) is 0. The topological polar surface area (TPSA) is 0 Å². The molecule has 0 atom stereocenters. The molecule has 0 bridgehead atoms. The van der Waals surface area contributed by atoms with Crippen LogP contribution in [0.3, 0.4) is 0 Å². The minimum atomic E-state index is -0.696. The standard InChI is InChI=1S/C19H25ClSi/c1-18(2,15-11-7-5-8-12-15)17(21-20)19(3,4)16-13-9-6-10-14-16/h5-14,17H,21H2,1-4H3. The summed E-state index contributed by atoms with van der Waals surface area (Å²) in [6.07, 6.45) is 0. The van der Waals surface area contributed by atoms with Gasteiger partial charge in [-0.3, -0.25) is 0 Å². The average Bonchev–Trinajstić information content (AvgIpc) is 2.49. The van der Waals surface area contributed by atoms with E-state index in [1.165, 1.54) is 11.1 Å². The quantitative estimate of drug-likeness (QED) is 0.534. The highest BCUT2D eigenvalue weighted by Crippen LogP contribution is 2.48. The van der Waals surface area contributed by atoms with E-state index in [1.54, 1.807) is 0 Å². The van der Waals surface area contributed by atoms with Crippen molar-refractivity contribution in [1.29, 1.82) is 0 Å². The Hall–Kier alpha value is -1.05. The van der Waals surface area contributed by atoms with Crippen molar-refractivity contribution in [3.8, 4) is 0 Å². The van der Waals surface area contributed by atoms with Crippen LogP contribution in [0.15, 0.2) is 60.7 Å². The van der Waals surface area contributed by atoms with Crippen molar-refractivity contribution in [1.82, 2.24) is 0 Å². The predicted octanol–water partition coefficient (Wildman–Crippen LogP) is 5.05. The van der Waals surface area contributed by atoms with Gasteiger partial charge in [0.25, 0.3) is 0 Å². The first kappa shape index (κ1) is 16.3. The normalized spacial score (nSPS) is 13.2. The van der Waals surface area contributed by atoms with E-state index in [0.717, 1.165) is 0 Å². The fourth-order valence-electron chi connectivity index (χ4n) is 3.43. The van der Waals surface area contributed by atoms with E-state index >= 15 is 0 Å². The molecular weight excluding hydrogens is 292 g/mol. The maximum absolute atomic E-state index is 6.58. The zero-order chi connectivity index (χ0) is 15.5. The molecular formula is C19H25ClSi. The molecule has 112 valence electrons. The van der Waals surface area contributed by atoms with Gasteiger partial charge in [0.1, 0.15) is 8.83 Å².